The van der Waals surface area contributed by atoms with Crippen molar-refractivity contribution in [1.82, 2.24) is 0 Å². The lowest BCUT2D eigenvalue weighted by Gasteiger charge is -2.38. The van der Waals surface area contributed by atoms with Crippen LogP contribution in [0.15, 0.2) is 35.9 Å². The van der Waals surface area contributed by atoms with Gasteiger partial charge in [-0.2, -0.15) is 0 Å². The van der Waals surface area contributed by atoms with Crippen molar-refractivity contribution in [2.75, 3.05) is 7.11 Å². The van der Waals surface area contributed by atoms with Gasteiger partial charge in [0.25, 0.3) is 5.69 Å². The number of nitro groups is 1. The average molecular weight is 320 g/mol. The van der Waals surface area contributed by atoms with Crippen molar-refractivity contribution < 1.29 is 14.5 Å². The minimum atomic E-state index is -0.427. The van der Waals surface area contributed by atoms with E-state index < -0.39 is 4.92 Å². The number of carbonyl (C=O) groups is 1. The van der Waals surface area contributed by atoms with Gasteiger partial charge in [-0.05, 0) is 30.4 Å². The zero-order valence-electron chi connectivity index (χ0n) is 11.9. The molecule has 0 N–H and O–H groups in total. The minimum Gasteiger partial charge on any atom is -0.466 e. The highest BCUT2D eigenvalue weighted by atomic mass is 35.5. The van der Waals surface area contributed by atoms with E-state index in [1.807, 2.05) is 12.2 Å². The number of nitro benzene ring substituents is 1. The quantitative estimate of drug-likeness (QED) is 0.483. The van der Waals surface area contributed by atoms with Crippen LogP contribution in [0, 0.1) is 22.0 Å². The number of esters is 1. The molecular formula is C16H14ClNO4. The van der Waals surface area contributed by atoms with E-state index in [2.05, 4.69) is 0 Å². The van der Waals surface area contributed by atoms with Gasteiger partial charge in [0.2, 0.25) is 0 Å². The molecule has 3 rings (SSSR count). The van der Waals surface area contributed by atoms with E-state index in [4.69, 9.17) is 16.3 Å². The summed E-state index contributed by atoms with van der Waals surface area (Å²) < 4.78 is 4.76. The smallest absolute Gasteiger partial charge is 0.333 e. The van der Waals surface area contributed by atoms with Crippen molar-refractivity contribution in [2.24, 2.45) is 11.8 Å². The standard InChI is InChI=1S/C16H14ClNO4/c1-22-16(19)10-6-5-9-7-12(11(9)8-10)15-13(17)3-2-4-14(15)18(20)21/h2-4,7-9,11H,5-6H2,1H3. The first-order valence-electron chi connectivity index (χ1n) is 6.97. The monoisotopic (exact) mass is 319 g/mol. The molecule has 0 aromatic heterocycles. The predicted molar refractivity (Wildman–Crippen MR) is 82.4 cm³/mol. The van der Waals surface area contributed by atoms with Crippen molar-refractivity contribution in [3.8, 4) is 0 Å². The summed E-state index contributed by atoms with van der Waals surface area (Å²) in [6.07, 6.45) is 5.39. The van der Waals surface area contributed by atoms with Crippen LogP contribution in [0.3, 0.4) is 0 Å². The number of carbonyl (C=O) groups excluding carboxylic acids is 1. The first-order valence-corrected chi connectivity index (χ1v) is 7.34. The summed E-state index contributed by atoms with van der Waals surface area (Å²) in [7, 11) is 1.35. The minimum absolute atomic E-state index is 0.00390. The van der Waals surface area contributed by atoms with E-state index in [9.17, 15) is 14.9 Å². The molecule has 0 aliphatic heterocycles. The fourth-order valence-electron chi connectivity index (χ4n) is 3.16. The molecule has 0 fully saturated rings. The molecule has 0 spiro atoms. The lowest BCUT2D eigenvalue weighted by Crippen LogP contribution is -2.28. The Bertz CT molecular complexity index is 723. The van der Waals surface area contributed by atoms with Crippen LogP contribution in [0.1, 0.15) is 18.4 Å². The number of methoxy groups -OCH3 is 1. The summed E-state index contributed by atoms with van der Waals surface area (Å²) in [5.74, 6) is -0.0425. The Morgan fingerprint density at radius 2 is 2.18 bits per heavy atom. The third-order valence-corrected chi connectivity index (χ3v) is 4.58. The van der Waals surface area contributed by atoms with E-state index in [0.717, 1.165) is 12.0 Å². The van der Waals surface area contributed by atoms with Gasteiger partial charge >= 0.3 is 5.97 Å². The zero-order chi connectivity index (χ0) is 15.9. The van der Waals surface area contributed by atoms with Gasteiger partial charge in [0.1, 0.15) is 0 Å². The van der Waals surface area contributed by atoms with Gasteiger partial charge in [-0.1, -0.05) is 29.8 Å². The van der Waals surface area contributed by atoms with Crippen molar-refractivity contribution in [1.29, 1.82) is 0 Å². The van der Waals surface area contributed by atoms with Crippen LogP contribution in [0.2, 0.25) is 5.02 Å². The maximum absolute atomic E-state index is 11.7. The maximum atomic E-state index is 11.7. The molecule has 0 heterocycles. The van der Waals surface area contributed by atoms with Gasteiger partial charge in [0.05, 0.1) is 22.6 Å². The molecule has 6 heteroatoms. The van der Waals surface area contributed by atoms with Crippen LogP contribution < -0.4 is 0 Å². The SMILES string of the molecule is COC(=O)C1=CC2C(c3c(Cl)cccc3[N+](=O)[O-])=CC2CC1. The molecule has 0 saturated carbocycles. The Morgan fingerprint density at radius 3 is 2.86 bits per heavy atom. The molecule has 1 aromatic carbocycles. The summed E-state index contributed by atoms with van der Waals surface area (Å²) in [6, 6.07) is 4.66. The summed E-state index contributed by atoms with van der Waals surface area (Å²) >= 11 is 6.18. The number of fused-ring (bicyclic) bond motifs is 1. The van der Waals surface area contributed by atoms with Crippen molar-refractivity contribution in [3.63, 3.8) is 0 Å². The van der Waals surface area contributed by atoms with Crippen LogP contribution in [0.25, 0.3) is 5.57 Å². The summed E-state index contributed by atoms with van der Waals surface area (Å²) in [5.41, 5.74) is 1.90. The molecule has 1 aromatic rings. The molecule has 5 nitrogen and oxygen atoms in total. The van der Waals surface area contributed by atoms with Gasteiger partial charge in [0, 0.05) is 17.6 Å². The molecule has 22 heavy (non-hydrogen) atoms. The maximum Gasteiger partial charge on any atom is 0.333 e. The van der Waals surface area contributed by atoms with Gasteiger partial charge in [-0.15, -0.1) is 0 Å². The first-order chi connectivity index (χ1) is 10.5. The van der Waals surface area contributed by atoms with Gasteiger partial charge in [-0.25, -0.2) is 4.79 Å². The van der Waals surface area contributed by atoms with Gasteiger partial charge in [-0.3, -0.25) is 10.1 Å². The Kier molecular flexibility index (Phi) is 3.74. The normalized spacial score (nSPS) is 22.8. The average Bonchev–Trinajstić information content (AvgIpc) is 2.49. The van der Waals surface area contributed by atoms with Crippen molar-refractivity contribution >= 4 is 28.8 Å². The highest BCUT2D eigenvalue weighted by Crippen LogP contribution is 2.51. The predicted octanol–water partition coefficient (Wildman–Crippen LogP) is 3.77. The number of benzene rings is 1. The third-order valence-electron chi connectivity index (χ3n) is 4.27. The molecule has 114 valence electrons. The number of hydrogen-bond acceptors (Lipinski definition) is 4. The Hall–Kier alpha value is -2.14. The molecule has 2 atom stereocenters. The van der Waals surface area contributed by atoms with Crippen LogP contribution >= 0.6 is 11.6 Å². The number of allylic oxidation sites excluding steroid dienone is 3. The second-order valence-electron chi connectivity index (χ2n) is 5.42. The van der Waals surface area contributed by atoms with E-state index in [0.29, 0.717) is 28.5 Å². The largest absolute Gasteiger partial charge is 0.466 e. The number of rotatable bonds is 3. The van der Waals surface area contributed by atoms with E-state index in [1.54, 1.807) is 12.1 Å². The molecule has 2 unspecified atom stereocenters. The summed E-state index contributed by atoms with van der Waals surface area (Å²) in [5, 5.41) is 11.6. The second-order valence-corrected chi connectivity index (χ2v) is 5.83. The molecule has 2 aliphatic rings. The van der Waals surface area contributed by atoms with Gasteiger partial charge in [0.15, 0.2) is 0 Å². The summed E-state index contributed by atoms with van der Waals surface area (Å²) in [6.45, 7) is 0. The third kappa shape index (κ3) is 2.31. The molecule has 0 bridgehead atoms. The molecule has 0 saturated heterocycles. The number of hydrogen-bond donors (Lipinski definition) is 0. The Labute approximate surface area is 132 Å². The fraction of sp³-hybridized carbons (Fsp3) is 0.312. The van der Waals surface area contributed by atoms with Crippen molar-refractivity contribution in [2.45, 2.75) is 12.8 Å². The van der Waals surface area contributed by atoms with E-state index in [1.165, 1.54) is 13.2 Å². The highest BCUT2D eigenvalue weighted by molar-refractivity contribution is 6.33. The summed E-state index contributed by atoms with van der Waals surface area (Å²) in [4.78, 5) is 22.5. The number of ether oxygens (including phenoxy) is 1. The van der Waals surface area contributed by atoms with Crippen LogP contribution in [0.5, 0.6) is 0 Å². The van der Waals surface area contributed by atoms with E-state index in [-0.39, 0.29) is 17.6 Å². The molecule has 0 amide bonds. The first kappa shape index (κ1) is 14.8. The molecule has 0 radical (unpaired) electrons. The van der Waals surface area contributed by atoms with Crippen LogP contribution in [-0.2, 0) is 9.53 Å². The second kappa shape index (κ2) is 5.57. The Morgan fingerprint density at radius 1 is 1.41 bits per heavy atom. The lowest BCUT2D eigenvalue weighted by molar-refractivity contribution is -0.385. The highest BCUT2D eigenvalue weighted by Gasteiger charge is 2.39. The Balaban J connectivity index is 2.01. The van der Waals surface area contributed by atoms with Crippen LogP contribution in [-0.4, -0.2) is 18.0 Å². The lowest BCUT2D eigenvalue weighted by atomic mass is 9.66. The number of halogens is 1. The molecule has 2 aliphatic carbocycles. The topological polar surface area (TPSA) is 69.4 Å². The van der Waals surface area contributed by atoms with Crippen LogP contribution in [0.4, 0.5) is 5.69 Å². The van der Waals surface area contributed by atoms with Crippen molar-refractivity contribution in [3.05, 3.63) is 56.6 Å². The zero-order valence-corrected chi connectivity index (χ0v) is 12.7. The fourth-order valence-corrected chi connectivity index (χ4v) is 3.44. The molecular weight excluding hydrogens is 306 g/mol. The van der Waals surface area contributed by atoms with Gasteiger partial charge < -0.3 is 4.74 Å². The van der Waals surface area contributed by atoms with E-state index >= 15 is 0 Å². The number of nitrogens with zero attached hydrogens (tertiary/aromatic N) is 1.